The van der Waals surface area contributed by atoms with Crippen LogP contribution in [0.25, 0.3) is 11.4 Å². The van der Waals surface area contributed by atoms with E-state index >= 15 is 0 Å². The lowest BCUT2D eigenvalue weighted by Gasteiger charge is -2.22. The molecule has 0 radical (unpaired) electrons. The van der Waals surface area contributed by atoms with Gasteiger partial charge in [0.05, 0.1) is 6.61 Å². The Morgan fingerprint density at radius 1 is 1.27 bits per heavy atom. The molecule has 0 unspecified atom stereocenters. The number of aliphatic hydroxyl groups is 1. The molecule has 5 nitrogen and oxygen atoms in total. The molecule has 0 aromatic carbocycles. The predicted molar refractivity (Wildman–Crippen MR) is 75.2 cm³/mol. The van der Waals surface area contributed by atoms with Gasteiger partial charge in [0.2, 0.25) is 0 Å². The fourth-order valence-electron chi connectivity index (χ4n) is 1.92. The Bertz CT molecular complexity index is 619. The highest BCUT2D eigenvalue weighted by Gasteiger charge is 2.34. The van der Waals surface area contributed by atoms with E-state index in [0.717, 1.165) is 6.07 Å². The van der Waals surface area contributed by atoms with Gasteiger partial charge in [-0.2, -0.15) is 13.2 Å². The highest BCUT2D eigenvalue weighted by atomic mass is 19.4. The lowest BCUT2D eigenvalue weighted by molar-refractivity contribution is -0.141. The van der Waals surface area contributed by atoms with Gasteiger partial charge in [-0.1, -0.05) is 0 Å². The smallest absolute Gasteiger partial charge is 0.395 e. The Morgan fingerprint density at radius 2 is 2.05 bits per heavy atom. The second kappa shape index (κ2) is 6.69. The molecular weight excluding hydrogens is 297 g/mol. The third kappa shape index (κ3) is 3.70. The van der Waals surface area contributed by atoms with Crippen molar-refractivity contribution >= 4 is 5.82 Å². The van der Waals surface area contributed by atoms with Crippen LogP contribution in [0.15, 0.2) is 30.6 Å². The van der Waals surface area contributed by atoms with Crippen molar-refractivity contribution in [3.63, 3.8) is 0 Å². The van der Waals surface area contributed by atoms with Gasteiger partial charge in [0.1, 0.15) is 5.82 Å². The minimum absolute atomic E-state index is 0.0469. The van der Waals surface area contributed by atoms with E-state index in [0.29, 0.717) is 12.1 Å². The van der Waals surface area contributed by atoms with Crippen molar-refractivity contribution in [3.05, 3.63) is 36.3 Å². The average Bonchev–Trinajstić information content (AvgIpc) is 2.52. The third-order valence-corrected chi connectivity index (χ3v) is 3.00. The molecule has 118 valence electrons. The number of halogens is 3. The number of rotatable bonds is 5. The Balaban J connectivity index is 2.55. The maximum atomic E-state index is 13.0. The van der Waals surface area contributed by atoms with Gasteiger partial charge in [-0.25, -0.2) is 9.97 Å². The molecule has 0 bridgehead atoms. The van der Waals surface area contributed by atoms with Crippen LogP contribution in [0.1, 0.15) is 12.6 Å². The van der Waals surface area contributed by atoms with Crippen LogP contribution in [0.3, 0.4) is 0 Å². The summed E-state index contributed by atoms with van der Waals surface area (Å²) in [4.78, 5) is 13.2. The fraction of sp³-hybridized carbons (Fsp3) is 0.357. The van der Waals surface area contributed by atoms with E-state index < -0.39 is 11.9 Å². The first-order chi connectivity index (χ1) is 10.5. The van der Waals surface area contributed by atoms with E-state index in [-0.39, 0.29) is 24.8 Å². The largest absolute Gasteiger partial charge is 0.433 e. The first-order valence-corrected chi connectivity index (χ1v) is 6.68. The second-order valence-corrected chi connectivity index (χ2v) is 4.48. The molecule has 1 N–H and O–H groups in total. The molecule has 2 heterocycles. The maximum Gasteiger partial charge on any atom is 0.433 e. The van der Waals surface area contributed by atoms with E-state index in [4.69, 9.17) is 5.11 Å². The van der Waals surface area contributed by atoms with E-state index in [2.05, 4.69) is 15.0 Å². The van der Waals surface area contributed by atoms with Crippen molar-refractivity contribution in [2.24, 2.45) is 0 Å². The number of aliphatic hydroxyl groups excluding tert-OH is 1. The Labute approximate surface area is 125 Å². The second-order valence-electron chi connectivity index (χ2n) is 4.48. The molecule has 2 rings (SSSR count). The summed E-state index contributed by atoms with van der Waals surface area (Å²) in [5.74, 6) is 0.0760. The van der Waals surface area contributed by atoms with E-state index in [1.54, 1.807) is 24.0 Å². The van der Waals surface area contributed by atoms with Gasteiger partial charge in [0.15, 0.2) is 11.5 Å². The van der Waals surface area contributed by atoms with Crippen LogP contribution < -0.4 is 4.90 Å². The Hall–Kier alpha value is -2.22. The summed E-state index contributed by atoms with van der Waals surface area (Å²) in [7, 11) is 0. The summed E-state index contributed by atoms with van der Waals surface area (Å²) >= 11 is 0. The molecule has 0 fully saturated rings. The molecule has 0 spiro atoms. The van der Waals surface area contributed by atoms with Gasteiger partial charge < -0.3 is 10.0 Å². The van der Waals surface area contributed by atoms with Crippen LogP contribution in [0.4, 0.5) is 19.0 Å². The van der Waals surface area contributed by atoms with E-state index in [9.17, 15) is 13.2 Å². The number of hydrogen-bond acceptors (Lipinski definition) is 5. The highest BCUT2D eigenvalue weighted by Crippen LogP contribution is 2.31. The van der Waals surface area contributed by atoms with Crippen LogP contribution in [-0.4, -0.2) is 39.8 Å². The van der Waals surface area contributed by atoms with Crippen molar-refractivity contribution in [1.29, 1.82) is 0 Å². The normalized spacial score (nSPS) is 11.5. The number of alkyl halides is 3. The maximum absolute atomic E-state index is 13.0. The van der Waals surface area contributed by atoms with Gasteiger partial charge in [-0.3, -0.25) is 4.98 Å². The molecule has 22 heavy (non-hydrogen) atoms. The van der Waals surface area contributed by atoms with Crippen molar-refractivity contribution in [1.82, 2.24) is 15.0 Å². The Kier molecular flexibility index (Phi) is 4.92. The summed E-state index contributed by atoms with van der Waals surface area (Å²) in [6.07, 6.45) is -1.66. The van der Waals surface area contributed by atoms with Crippen LogP contribution in [0.5, 0.6) is 0 Å². The average molecular weight is 312 g/mol. The molecule has 2 aromatic rings. The van der Waals surface area contributed by atoms with Gasteiger partial charge in [0, 0.05) is 37.1 Å². The van der Waals surface area contributed by atoms with Crippen LogP contribution in [0, 0.1) is 0 Å². The van der Waals surface area contributed by atoms with Gasteiger partial charge in [-0.05, 0) is 19.1 Å². The number of nitrogens with zero attached hydrogens (tertiary/aromatic N) is 4. The molecule has 0 saturated carbocycles. The fourth-order valence-corrected chi connectivity index (χ4v) is 1.92. The van der Waals surface area contributed by atoms with E-state index in [1.165, 1.54) is 12.4 Å². The van der Waals surface area contributed by atoms with Gasteiger partial charge >= 0.3 is 6.18 Å². The summed E-state index contributed by atoms with van der Waals surface area (Å²) in [6, 6.07) is 4.08. The zero-order chi connectivity index (χ0) is 16.2. The quantitative estimate of drug-likeness (QED) is 0.918. The lowest BCUT2D eigenvalue weighted by Crippen LogP contribution is -2.28. The molecule has 8 heteroatoms. The summed E-state index contributed by atoms with van der Waals surface area (Å²) in [5, 5.41) is 9.03. The first kappa shape index (κ1) is 16.2. The lowest BCUT2D eigenvalue weighted by atomic mass is 10.2. The molecule has 0 saturated heterocycles. The van der Waals surface area contributed by atoms with Crippen molar-refractivity contribution in [2.75, 3.05) is 24.6 Å². The number of aromatic nitrogens is 3. The summed E-state index contributed by atoms with van der Waals surface area (Å²) in [6.45, 7) is 2.20. The number of pyridine rings is 1. The van der Waals surface area contributed by atoms with Crippen molar-refractivity contribution in [3.8, 4) is 11.4 Å². The molecular formula is C14H15F3N4O. The molecule has 0 aliphatic rings. The summed E-state index contributed by atoms with van der Waals surface area (Å²) in [5.41, 5.74) is -0.623. The van der Waals surface area contributed by atoms with Crippen LogP contribution in [0.2, 0.25) is 0 Å². The zero-order valence-electron chi connectivity index (χ0n) is 11.9. The van der Waals surface area contributed by atoms with Gasteiger partial charge in [0.25, 0.3) is 0 Å². The third-order valence-electron chi connectivity index (χ3n) is 3.00. The molecule has 0 aliphatic carbocycles. The summed E-state index contributed by atoms with van der Waals surface area (Å²) < 4.78 is 39.1. The van der Waals surface area contributed by atoms with Crippen molar-refractivity contribution < 1.29 is 18.3 Å². The monoisotopic (exact) mass is 312 g/mol. The topological polar surface area (TPSA) is 62.1 Å². The predicted octanol–water partition coefficient (Wildman–Crippen LogP) is 2.38. The van der Waals surface area contributed by atoms with Crippen LogP contribution >= 0.6 is 0 Å². The first-order valence-electron chi connectivity index (χ1n) is 6.68. The van der Waals surface area contributed by atoms with Gasteiger partial charge in [-0.15, -0.1) is 0 Å². The van der Waals surface area contributed by atoms with E-state index in [1.807, 2.05) is 0 Å². The number of hydrogen-bond donors (Lipinski definition) is 1. The Morgan fingerprint density at radius 3 is 2.59 bits per heavy atom. The zero-order valence-corrected chi connectivity index (χ0v) is 11.9. The molecule has 0 aliphatic heterocycles. The number of anilines is 1. The number of likely N-dealkylation sites (N-methyl/N-ethyl adjacent to an activating group) is 1. The van der Waals surface area contributed by atoms with Crippen molar-refractivity contribution in [2.45, 2.75) is 13.1 Å². The highest BCUT2D eigenvalue weighted by molar-refractivity contribution is 5.57. The molecule has 0 amide bonds. The minimum atomic E-state index is -4.58. The SMILES string of the molecule is CCN(CCO)c1cc(C(F)(F)F)nc(-c2cccnc2)n1. The molecule has 0 atom stereocenters. The standard InChI is InChI=1S/C14H15F3N4O/c1-2-21(6-7-22)12-8-11(14(15,16)17)19-13(20-12)10-4-3-5-18-9-10/h3-5,8-9,22H,2,6-7H2,1H3. The van der Waals surface area contributed by atoms with Crippen LogP contribution in [-0.2, 0) is 6.18 Å². The minimum Gasteiger partial charge on any atom is -0.395 e. The molecule has 2 aromatic heterocycles.